The molecular formula is C16H20N6O2. The molecule has 0 spiro atoms. The smallest absolute Gasteiger partial charge is 0.307 e. The van der Waals surface area contributed by atoms with Gasteiger partial charge in [-0.1, -0.05) is 12.1 Å². The molecule has 3 rings (SSSR count). The number of carbonyl (C=O) groups is 1. The number of carboxylic acids is 1. The normalized spacial score (nSPS) is 14.5. The van der Waals surface area contributed by atoms with Gasteiger partial charge in [-0.15, -0.1) is 5.10 Å². The van der Waals surface area contributed by atoms with Gasteiger partial charge < -0.3 is 20.2 Å². The molecule has 0 unspecified atom stereocenters. The second-order valence-electron chi connectivity index (χ2n) is 5.60. The molecule has 1 fully saturated rings. The number of anilines is 3. The average Bonchev–Trinajstić information content (AvgIpc) is 2.62. The van der Waals surface area contributed by atoms with Gasteiger partial charge in [0.05, 0.1) is 12.6 Å². The monoisotopic (exact) mass is 328 g/mol. The lowest BCUT2D eigenvalue weighted by Gasteiger charge is -2.36. The van der Waals surface area contributed by atoms with Gasteiger partial charge in [-0.3, -0.25) is 4.79 Å². The molecule has 1 aliphatic heterocycles. The van der Waals surface area contributed by atoms with Crippen molar-refractivity contribution in [3.05, 3.63) is 36.0 Å². The fourth-order valence-electron chi connectivity index (χ4n) is 2.71. The Labute approximate surface area is 140 Å². The molecule has 0 bridgehead atoms. The maximum absolute atomic E-state index is 10.7. The molecule has 2 aromatic rings. The van der Waals surface area contributed by atoms with Crippen molar-refractivity contribution in [2.24, 2.45) is 0 Å². The second kappa shape index (κ2) is 7.12. The Bertz CT molecular complexity index is 698. The van der Waals surface area contributed by atoms with Crippen LogP contribution in [0.15, 0.2) is 30.5 Å². The van der Waals surface area contributed by atoms with E-state index in [1.54, 1.807) is 13.2 Å². The molecule has 1 aromatic carbocycles. The minimum atomic E-state index is -0.811. The molecule has 1 aromatic heterocycles. The molecule has 8 heteroatoms. The number of hydrogen-bond acceptors (Lipinski definition) is 7. The van der Waals surface area contributed by atoms with E-state index >= 15 is 0 Å². The molecular weight excluding hydrogens is 308 g/mol. The van der Waals surface area contributed by atoms with E-state index in [0.29, 0.717) is 11.8 Å². The minimum Gasteiger partial charge on any atom is -0.481 e. The van der Waals surface area contributed by atoms with Crippen LogP contribution in [0.25, 0.3) is 0 Å². The molecule has 0 aliphatic carbocycles. The number of aromatic nitrogens is 3. The summed E-state index contributed by atoms with van der Waals surface area (Å²) >= 11 is 0. The molecule has 1 aliphatic rings. The molecule has 8 nitrogen and oxygen atoms in total. The van der Waals surface area contributed by atoms with Crippen molar-refractivity contribution in [3.8, 4) is 0 Å². The Morgan fingerprint density at radius 3 is 2.46 bits per heavy atom. The summed E-state index contributed by atoms with van der Waals surface area (Å²) in [6.07, 6.45) is 1.65. The van der Waals surface area contributed by atoms with E-state index in [1.165, 1.54) is 0 Å². The van der Waals surface area contributed by atoms with Gasteiger partial charge in [0.1, 0.15) is 5.82 Å². The number of hydrogen-bond donors (Lipinski definition) is 2. The largest absolute Gasteiger partial charge is 0.481 e. The molecule has 2 N–H and O–H groups in total. The summed E-state index contributed by atoms with van der Waals surface area (Å²) < 4.78 is 0. The van der Waals surface area contributed by atoms with Crippen LogP contribution in [0, 0.1) is 0 Å². The summed E-state index contributed by atoms with van der Waals surface area (Å²) in [5, 5.41) is 19.9. The molecule has 1 saturated heterocycles. The van der Waals surface area contributed by atoms with Crippen LogP contribution in [0.4, 0.5) is 17.5 Å². The van der Waals surface area contributed by atoms with E-state index < -0.39 is 5.97 Å². The lowest BCUT2D eigenvalue weighted by Crippen LogP contribution is -2.47. The van der Waals surface area contributed by atoms with E-state index in [1.807, 2.05) is 24.3 Å². The van der Waals surface area contributed by atoms with Crippen LogP contribution in [0.1, 0.15) is 5.56 Å². The highest BCUT2D eigenvalue weighted by atomic mass is 16.4. The molecule has 126 valence electrons. The van der Waals surface area contributed by atoms with Crippen LogP contribution in [-0.2, 0) is 11.2 Å². The molecule has 2 heterocycles. The van der Waals surface area contributed by atoms with Crippen molar-refractivity contribution < 1.29 is 9.90 Å². The first-order valence-corrected chi connectivity index (χ1v) is 7.84. The van der Waals surface area contributed by atoms with Gasteiger partial charge in [-0.05, 0) is 17.7 Å². The van der Waals surface area contributed by atoms with Gasteiger partial charge in [0.2, 0.25) is 5.95 Å². The number of benzene rings is 1. The van der Waals surface area contributed by atoms with E-state index in [0.717, 1.165) is 37.4 Å². The highest BCUT2D eigenvalue weighted by molar-refractivity contribution is 5.70. The number of nitrogens with one attached hydrogen (secondary N) is 1. The number of aliphatic carboxylic acids is 1. The third-order valence-corrected chi connectivity index (χ3v) is 4.02. The van der Waals surface area contributed by atoms with E-state index in [9.17, 15) is 4.79 Å². The third kappa shape index (κ3) is 3.70. The van der Waals surface area contributed by atoms with Gasteiger partial charge in [0, 0.05) is 38.9 Å². The Kier molecular flexibility index (Phi) is 4.74. The SMILES string of the molecule is CNc1cnnc(N2CCN(c3ccc(CC(=O)O)cc3)CC2)n1. The van der Waals surface area contributed by atoms with Gasteiger partial charge in [-0.2, -0.15) is 10.1 Å². The molecule has 24 heavy (non-hydrogen) atoms. The van der Waals surface area contributed by atoms with Gasteiger partial charge in [-0.25, -0.2) is 0 Å². The summed E-state index contributed by atoms with van der Waals surface area (Å²) in [4.78, 5) is 19.5. The molecule has 0 radical (unpaired) electrons. The maximum Gasteiger partial charge on any atom is 0.307 e. The number of carboxylic acid groups (broad SMARTS) is 1. The summed E-state index contributed by atoms with van der Waals surface area (Å²) in [5.74, 6) is 0.531. The summed E-state index contributed by atoms with van der Waals surface area (Å²) in [6, 6.07) is 7.71. The predicted octanol–water partition coefficient (Wildman–Crippen LogP) is 0.867. The first kappa shape index (κ1) is 16.0. The van der Waals surface area contributed by atoms with E-state index in [4.69, 9.17) is 5.11 Å². The number of nitrogens with zero attached hydrogens (tertiary/aromatic N) is 5. The third-order valence-electron chi connectivity index (χ3n) is 4.02. The van der Waals surface area contributed by atoms with Crippen molar-refractivity contribution >= 4 is 23.4 Å². The zero-order chi connectivity index (χ0) is 16.9. The number of rotatable bonds is 5. The first-order valence-electron chi connectivity index (χ1n) is 7.84. The Balaban J connectivity index is 1.61. The first-order chi connectivity index (χ1) is 11.7. The van der Waals surface area contributed by atoms with Crippen molar-refractivity contribution in [3.63, 3.8) is 0 Å². The van der Waals surface area contributed by atoms with Crippen LogP contribution in [0.3, 0.4) is 0 Å². The van der Waals surface area contributed by atoms with Crippen LogP contribution in [0.5, 0.6) is 0 Å². The van der Waals surface area contributed by atoms with Gasteiger partial charge in [0.25, 0.3) is 0 Å². The zero-order valence-electron chi connectivity index (χ0n) is 13.5. The average molecular weight is 328 g/mol. The van der Waals surface area contributed by atoms with Crippen LogP contribution in [0.2, 0.25) is 0 Å². The minimum absolute atomic E-state index is 0.0558. The van der Waals surface area contributed by atoms with Gasteiger partial charge >= 0.3 is 5.97 Å². The zero-order valence-corrected chi connectivity index (χ0v) is 13.5. The molecule has 0 atom stereocenters. The van der Waals surface area contributed by atoms with Crippen LogP contribution >= 0.6 is 0 Å². The highest BCUT2D eigenvalue weighted by Gasteiger charge is 2.19. The fraction of sp³-hybridized carbons (Fsp3) is 0.375. The van der Waals surface area contributed by atoms with Crippen molar-refractivity contribution in [1.29, 1.82) is 0 Å². The standard InChI is InChI=1S/C16H20N6O2/c1-17-14-11-18-20-16(19-14)22-8-6-21(7-9-22)13-4-2-12(3-5-13)10-15(23)24/h2-5,11H,6-10H2,1H3,(H,23,24)(H,17,19,20). The quantitative estimate of drug-likeness (QED) is 0.835. The Morgan fingerprint density at radius 1 is 1.17 bits per heavy atom. The van der Waals surface area contributed by atoms with Crippen molar-refractivity contribution in [2.45, 2.75) is 6.42 Å². The maximum atomic E-state index is 10.7. The fourth-order valence-corrected chi connectivity index (χ4v) is 2.71. The van der Waals surface area contributed by atoms with Crippen molar-refractivity contribution in [2.75, 3.05) is 48.3 Å². The lowest BCUT2D eigenvalue weighted by molar-refractivity contribution is -0.136. The Hall–Kier alpha value is -2.90. The summed E-state index contributed by atoms with van der Waals surface area (Å²) in [6.45, 7) is 3.33. The van der Waals surface area contributed by atoms with Crippen molar-refractivity contribution in [1.82, 2.24) is 15.2 Å². The summed E-state index contributed by atoms with van der Waals surface area (Å²) in [7, 11) is 1.81. The van der Waals surface area contributed by atoms with Crippen LogP contribution < -0.4 is 15.1 Å². The van der Waals surface area contributed by atoms with E-state index in [2.05, 4.69) is 30.3 Å². The Morgan fingerprint density at radius 2 is 1.83 bits per heavy atom. The molecule has 0 amide bonds. The second-order valence-corrected chi connectivity index (χ2v) is 5.60. The topological polar surface area (TPSA) is 94.5 Å². The molecule has 0 saturated carbocycles. The van der Waals surface area contributed by atoms with Gasteiger partial charge in [0.15, 0.2) is 0 Å². The predicted molar refractivity (Wildman–Crippen MR) is 91.6 cm³/mol. The van der Waals surface area contributed by atoms with E-state index in [-0.39, 0.29) is 6.42 Å². The number of piperazine rings is 1. The summed E-state index contributed by atoms with van der Waals surface area (Å²) in [5.41, 5.74) is 1.92. The van der Waals surface area contributed by atoms with Crippen LogP contribution in [-0.4, -0.2) is 59.5 Å². The highest BCUT2D eigenvalue weighted by Crippen LogP contribution is 2.19. The lowest BCUT2D eigenvalue weighted by atomic mass is 10.1.